The fourth-order valence-electron chi connectivity index (χ4n) is 3.55. The molecule has 0 spiro atoms. The lowest BCUT2D eigenvalue weighted by molar-refractivity contribution is -0.138. The van der Waals surface area contributed by atoms with Crippen LogP contribution in [0.15, 0.2) is 46.3 Å². The maximum absolute atomic E-state index is 12.1. The second kappa shape index (κ2) is 7.50. The summed E-state index contributed by atoms with van der Waals surface area (Å²) in [5.74, 6) is -0.682. The van der Waals surface area contributed by atoms with Gasteiger partial charge in [0, 0.05) is 17.1 Å². The van der Waals surface area contributed by atoms with Crippen LogP contribution in [0.4, 0.5) is 0 Å². The largest absolute Gasteiger partial charge is 0.505 e. The van der Waals surface area contributed by atoms with E-state index in [4.69, 9.17) is 4.74 Å². The Labute approximate surface area is 165 Å². The molecular weight excluding hydrogens is 352 g/mol. The van der Waals surface area contributed by atoms with Crippen molar-refractivity contribution >= 4 is 17.8 Å². The number of aliphatic hydroxyl groups is 1. The highest BCUT2D eigenvalue weighted by atomic mass is 16.5. The summed E-state index contributed by atoms with van der Waals surface area (Å²) < 4.78 is 7.23. The molecule has 0 radical (unpaired) electrons. The summed E-state index contributed by atoms with van der Waals surface area (Å²) in [4.78, 5) is 16.5. The minimum Gasteiger partial charge on any atom is -0.505 e. The van der Waals surface area contributed by atoms with E-state index in [0.29, 0.717) is 11.4 Å². The van der Waals surface area contributed by atoms with Gasteiger partial charge in [0.15, 0.2) is 5.76 Å². The van der Waals surface area contributed by atoms with Gasteiger partial charge in [-0.3, -0.25) is 0 Å². The fraction of sp³-hybridized carbons (Fsp3) is 0.304. The monoisotopic (exact) mass is 378 g/mol. The molecule has 0 amide bonds. The molecule has 1 aromatic heterocycles. The zero-order valence-electron chi connectivity index (χ0n) is 17.3. The highest BCUT2D eigenvalue weighted by molar-refractivity contribution is 6.22. The number of esters is 1. The van der Waals surface area contributed by atoms with Crippen molar-refractivity contribution in [1.82, 2.24) is 4.57 Å². The summed E-state index contributed by atoms with van der Waals surface area (Å²) in [6.45, 7) is 11.9. The van der Waals surface area contributed by atoms with Crippen LogP contribution in [0.3, 0.4) is 0 Å². The third kappa shape index (κ3) is 3.40. The SMILES string of the molecule is CCOC(=O)C1=C(O)/C(=C/c2cc(C)n(-c3cc(C)ccc3C)c2C)N=C1C. The summed E-state index contributed by atoms with van der Waals surface area (Å²) in [5.41, 5.74) is 7.58. The Hall–Kier alpha value is -3.08. The maximum atomic E-state index is 12.1. The molecule has 1 aliphatic rings. The van der Waals surface area contributed by atoms with E-state index in [0.717, 1.165) is 22.6 Å². The Morgan fingerprint density at radius 2 is 1.89 bits per heavy atom. The molecule has 2 aromatic rings. The number of aromatic nitrogens is 1. The quantitative estimate of drug-likeness (QED) is 0.770. The highest BCUT2D eigenvalue weighted by Gasteiger charge is 2.28. The van der Waals surface area contributed by atoms with E-state index in [2.05, 4.69) is 54.6 Å². The van der Waals surface area contributed by atoms with Gasteiger partial charge in [-0.25, -0.2) is 9.79 Å². The number of aliphatic hydroxyl groups excluding tert-OH is 1. The third-order valence-electron chi connectivity index (χ3n) is 4.98. The van der Waals surface area contributed by atoms with Crippen molar-refractivity contribution in [2.75, 3.05) is 6.61 Å². The van der Waals surface area contributed by atoms with E-state index < -0.39 is 5.97 Å². The maximum Gasteiger partial charge on any atom is 0.343 e. The molecule has 146 valence electrons. The first-order valence-electron chi connectivity index (χ1n) is 9.39. The van der Waals surface area contributed by atoms with Gasteiger partial charge in [-0.15, -0.1) is 0 Å². The van der Waals surface area contributed by atoms with Crippen LogP contribution >= 0.6 is 0 Å². The van der Waals surface area contributed by atoms with Crippen molar-refractivity contribution in [3.63, 3.8) is 0 Å². The summed E-state index contributed by atoms with van der Waals surface area (Å²) in [6, 6.07) is 8.45. The van der Waals surface area contributed by atoms with Crippen molar-refractivity contribution < 1.29 is 14.6 Å². The van der Waals surface area contributed by atoms with Gasteiger partial charge in [-0.1, -0.05) is 12.1 Å². The smallest absolute Gasteiger partial charge is 0.343 e. The van der Waals surface area contributed by atoms with Crippen LogP contribution in [0, 0.1) is 27.7 Å². The van der Waals surface area contributed by atoms with E-state index in [1.807, 2.05) is 13.0 Å². The topological polar surface area (TPSA) is 63.8 Å². The lowest BCUT2D eigenvalue weighted by atomic mass is 10.1. The van der Waals surface area contributed by atoms with Gasteiger partial charge < -0.3 is 14.4 Å². The minimum atomic E-state index is -0.550. The number of hydrogen-bond acceptors (Lipinski definition) is 4. The van der Waals surface area contributed by atoms with Crippen molar-refractivity contribution in [3.05, 3.63) is 69.4 Å². The first-order valence-corrected chi connectivity index (χ1v) is 9.39. The lowest BCUT2D eigenvalue weighted by Gasteiger charge is -2.13. The highest BCUT2D eigenvalue weighted by Crippen LogP contribution is 2.30. The van der Waals surface area contributed by atoms with Crippen molar-refractivity contribution in [3.8, 4) is 5.69 Å². The molecular formula is C23H26N2O3. The summed E-state index contributed by atoms with van der Waals surface area (Å²) in [6.07, 6.45) is 1.81. The van der Waals surface area contributed by atoms with Crippen LogP contribution < -0.4 is 0 Å². The molecule has 5 heteroatoms. The molecule has 1 aromatic carbocycles. The van der Waals surface area contributed by atoms with Gasteiger partial charge in [0.2, 0.25) is 0 Å². The Balaban J connectivity index is 2.08. The summed E-state index contributed by atoms with van der Waals surface area (Å²) in [7, 11) is 0. The molecule has 1 N–H and O–H groups in total. The van der Waals surface area contributed by atoms with Crippen LogP contribution in [0.25, 0.3) is 11.8 Å². The first kappa shape index (κ1) is 19.7. The number of carbonyl (C=O) groups excluding carboxylic acids is 1. The van der Waals surface area contributed by atoms with Gasteiger partial charge in [-0.2, -0.15) is 0 Å². The lowest BCUT2D eigenvalue weighted by Crippen LogP contribution is -2.13. The average molecular weight is 378 g/mol. The Kier molecular flexibility index (Phi) is 5.27. The van der Waals surface area contributed by atoms with Crippen LogP contribution in [0.5, 0.6) is 0 Å². The number of aliphatic imine (C=N–C) groups is 1. The predicted molar refractivity (Wildman–Crippen MR) is 112 cm³/mol. The molecule has 0 aliphatic carbocycles. The van der Waals surface area contributed by atoms with Crippen molar-refractivity contribution in [2.24, 2.45) is 4.99 Å². The zero-order valence-corrected chi connectivity index (χ0v) is 17.3. The van der Waals surface area contributed by atoms with Gasteiger partial charge in [0.05, 0.1) is 12.3 Å². The number of hydrogen-bond donors (Lipinski definition) is 1. The number of carbonyl (C=O) groups is 1. The Bertz CT molecular complexity index is 1050. The average Bonchev–Trinajstić information content (AvgIpc) is 3.06. The van der Waals surface area contributed by atoms with Crippen molar-refractivity contribution in [1.29, 1.82) is 0 Å². The van der Waals surface area contributed by atoms with Crippen LogP contribution in [-0.2, 0) is 9.53 Å². The van der Waals surface area contributed by atoms with Gasteiger partial charge in [0.25, 0.3) is 0 Å². The number of ether oxygens (including phenoxy) is 1. The van der Waals surface area contributed by atoms with E-state index >= 15 is 0 Å². The second-order valence-corrected chi connectivity index (χ2v) is 7.12. The molecule has 2 heterocycles. The van der Waals surface area contributed by atoms with E-state index in [-0.39, 0.29) is 17.9 Å². The second-order valence-electron chi connectivity index (χ2n) is 7.12. The van der Waals surface area contributed by atoms with Crippen molar-refractivity contribution in [2.45, 2.75) is 41.5 Å². The predicted octanol–water partition coefficient (Wildman–Crippen LogP) is 4.90. The molecule has 28 heavy (non-hydrogen) atoms. The molecule has 0 atom stereocenters. The van der Waals surface area contributed by atoms with E-state index in [1.165, 1.54) is 11.1 Å². The van der Waals surface area contributed by atoms with Crippen LogP contribution in [-0.4, -0.2) is 28.0 Å². The van der Waals surface area contributed by atoms with Crippen LogP contribution in [0.1, 0.15) is 41.9 Å². The first-order chi connectivity index (χ1) is 13.2. The van der Waals surface area contributed by atoms with E-state index in [1.54, 1.807) is 13.8 Å². The van der Waals surface area contributed by atoms with Gasteiger partial charge in [-0.05, 0) is 76.4 Å². The zero-order chi connectivity index (χ0) is 20.6. The number of aryl methyl sites for hydroxylation is 3. The summed E-state index contributed by atoms with van der Waals surface area (Å²) >= 11 is 0. The standard InChI is InChI=1S/C23H26N2O3/c1-7-28-23(27)21-16(5)24-19(22(21)26)12-18-11-15(4)25(17(18)6)20-10-13(2)8-9-14(20)3/h8-12,26H,7H2,1-6H3/b19-12-. The molecule has 0 unspecified atom stereocenters. The number of nitrogens with zero attached hydrogens (tertiary/aromatic N) is 2. The molecule has 5 nitrogen and oxygen atoms in total. The van der Waals surface area contributed by atoms with Gasteiger partial charge >= 0.3 is 5.97 Å². The molecule has 0 saturated heterocycles. The molecule has 1 aliphatic heterocycles. The van der Waals surface area contributed by atoms with Gasteiger partial charge in [0.1, 0.15) is 11.3 Å². The Morgan fingerprint density at radius 3 is 2.57 bits per heavy atom. The Morgan fingerprint density at radius 1 is 1.18 bits per heavy atom. The van der Waals surface area contributed by atoms with E-state index in [9.17, 15) is 9.90 Å². The summed E-state index contributed by atoms with van der Waals surface area (Å²) in [5, 5.41) is 10.5. The fourth-order valence-corrected chi connectivity index (χ4v) is 3.55. The third-order valence-corrected chi connectivity index (χ3v) is 4.98. The minimum absolute atomic E-state index is 0.132. The normalized spacial score (nSPS) is 15.4. The molecule has 0 saturated carbocycles. The van der Waals surface area contributed by atoms with Crippen LogP contribution in [0.2, 0.25) is 0 Å². The number of rotatable bonds is 4. The molecule has 0 bridgehead atoms. The molecule has 3 rings (SSSR count). The number of benzene rings is 1. The molecule has 0 fully saturated rings.